The van der Waals surface area contributed by atoms with E-state index in [9.17, 15) is 9.18 Å². The Hall–Kier alpha value is -3.10. The van der Waals surface area contributed by atoms with E-state index < -0.39 is 5.82 Å². The van der Waals surface area contributed by atoms with Crippen LogP contribution >= 0.6 is 23.2 Å². The third kappa shape index (κ3) is 3.96. The van der Waals surface area contributed by atoms with Crippen LogP contribution in [0.4, 0.5) is 15.9 Å². The molecule has 0 saturated carbocycles. The van der Waals surface area contributed by atoms with Gasteiger partial charge in [0.25, 0.3) is 0 Å². The second kappa shape index (κ2) is 8.33. The topological polar surface area (TPSA) is 85.4 Å². The highest BCUT2D eigenvalue weighted by Crippen LogP contribution is 2.38. The van der Waals surface area contributed by atoms with Crippen molar-refractivity contribution in [2.45, 2.75) is 6.10 Å². The quantitative estimate of drug-likeness (QED) is 0.447. The van der Waals surface area contributed by atoms with Gasteiger partial charge in [0.1, 0.15) is 24.9 Å². The molecule has 0 fully saturated rings. The molecule has 0 saturated heterocycles. The molecule has 2 N–H and O–H groups in total. The molecule has 1 aromatic heterocycles. The average Bonchev–Trinajstić information content (AvgIpc) is 2.76. The van der Waals surface area contributed by atoms with Gasteiger partial charge in [-0.1, -0.05) is 29.8 Å². The number of benzene rings is 2. The van der Waals surface area contributed by atoms with Gasteiger partial charge in [-0.15, -0.1) is 0 Å². The number of rotatable bonds is 5. The number of anilines is 2. The highest BCUT2D eigenvalue weighted by Gasteiger charge is 2.23. The second-order valence-corrected chi connectivity index (χ2v) is 7.17. The molecule has 1 atom stereocenters. The summed E-state index contributed by atoms with van der Waals surface area (Å²) in [7, 11) is 0. The van der Waals surface area contributed by atoms with E-state index in [-0.39, 0.29) is 40.9 Å². The van der Waals surface area contributed by atoms with Crippen molar-refractivity contribution in [1.82, 2.24) is 15.3 Å². The first-order chi connectivity index (χ1) is 14.5. The fourth-order valence-corrected chi connectivity index (χ4v) is 3.21. The van der Waals surface area contributed by atoms with Crippen LogP contribution in [0.1, 0.15) is 0 Å². The van der Waals surface area contributed by atoms with Crippen LogP contribution in [-0.2, 0) is 4.79 Å². The van der Waals surface area contributed by atoms with Crippen molar-refractivity contribution < 1.29 is 18.7 Å². The maximum Gasteiger partial charge on any atom is 0.243 e. The van der Waals surface area contributed by atoms with E-state index in [0.29, 0.717) is 28.2 Å². The van der Waals surface area contributed by atoms with Crippen LogP contribution in [0.15, 0.2) is 43.2 Å². The lowest BCUT2D eigenvalue weighted by Gasteiger charge is -2.27. The van der Waals surface area contributed by atoms with Gasteiger partial charge in [0.2, 0.25) is 5.91 Å². The lowest BCUT2D eigenvalue weighted by atomic mass is 10.2. The molecule has 2 aromatic carbocycles. The number of carbonyl (C=O) groups is 1. The van der Waals surface area contributed by atoms with Crippen molar-refractivity contribution in [2.75, 3.05) is 18.5 Å². The van der Waals surface area contributed by atoms with Gasteiger partial charge in [-0.2, -0.15) is 0 Å². The number of amides is 1. The Balaban J connectivity index is 1.64. The molecule has 10 heteroatoms. The summed E-state index contributed by atoms with van der Waals surface area (Å²) in [6.45, 7) is 3.93. The minimum absolute atomic E-state index is 0.112. The van der Waals surface area contributed by atoms with Gasteiger partial charge in [-0.3, -0.25) is 4.79 Å². The van der Waals surface area contributed by atoms with E-state index >= 15 is 0 Å². The Morgan fingerprint density at radius 2 is 2.13 bits per heavy atom. The summed E-state index contributed by atoms with van der Waals surface area (Å²) in [5, 5.41) is 6.10. The van der Waals surface area contributed by atoms with Crippen molar-refractivity contribution in [1.29, 1.82) is 0 Å². The molecule has 4 rings (SSSR count). The van der Waals surface area contributed by atoms with E-state index in [2.05, 4.69) is 27.2 Å². The van der Waals surface area contributed by atoms with E-state index in [1.54, 1.807) is 12.1 Å². The summed E-state index contributed by atoms with van der Waals surface area (Å²) in [5.74, 6) is 0.335. The molecule has 1 aliphatic rings. The zero-order valence-electron chi connectivity index (χ0n) is 15.4. The summed E-state index contributed by atoms with van der Waals surface area (Å²) >= 11 is 11.7. The van der Waals surface area contributed by atoms with Crippen LogP contribution in [0, 0.1) is 5.82 Å². The number of fused-ring (bicyclic) bond motifs is 2. The summed E-state index contributed by atoms with van der Waals surface area (Å²) in [6.07, 6.45) is 2.15. The van der Waals surface area contributed by atoms with Crippen LogP contribution in [0.2, 0.25) is 10.0 Å². The largest absolute Gasteiger partial charge is 0.486 e. The molecule has 1 aliphatic heterocycles. The first-order valence-electron chi connectivity index (χ1n) is 8.85. The molecular weight excluding hydrogens is 434 g/mol. The third-order valence-electron chi connectivity index (χ3n) is 4.40. The number of halogens is 3. The maximum absolute atomic E-state index is 14.4. The summed E-state index contributed by atoms with van der Waals surface area (Å²) in [5.41, 5.74) is 0.693. The van der Waals surface area contributed by atoms with Crippen LogP contribution in [0.3, 0.4) is 0 Å². The predicted molar refractivity (Wildman–Crippen MR) is 112 cm³/mol. The SMILES string of the molecule is C=CC(=O)NCC1COc2cc3ncnc(Nc4ccc(Cl)c(Cl)c4F)c3cc2O1. The highest BCUT2D eigenvalue weighted by atomic mass is 35.5. The van der Waals surface area contributed by atoms with Crippen molar-refractivity contribution >= 4 is 51.5 Å². The molecule has 0 spiro atoms. The first-order valence-corrected chi connectivity index (χ1v) is 9.61. The van der Waals surface area contributed by atoms with Crippen molar-refractivity contribution in [3.8, 4) is 11.5 Å². The van der Waals surface area contributed by atoms with Crippen LogP contribution in [0.5, 0.6) is 11.5 Å². The predicted octanol–water partition coefficient (Wildman–Crippen LogP) is 4.26. The second-order valence-electron chi connectivity index (χ2n) is 6.39. The summed E-state index contributed by atoms with van der Waals surface area (Å²) in [4.78, 5) is 19.8. The molecule has 1 unspecified atom stereocenters. The zero-order chi connectivity index (χ0) is 21.3. The number of nitrogens with zero attached hydrogens (tertiary/aromatic N) is 2. The van der Waals surface area contributed by atoms with E-state index in [1.807, 2.05) is 0 Å². The van der Waals surface area contributed by atoms with Crippen molar-refractivity contribution in [3.05, 3.63) is 59.1 Å². The summed E-state index contributed by atoms with van der Waals surface area (Å²) in [6, 6.07) is 6.36. The van der Waals surface area contributed by atoms with E-state index in [0.717, 1.165) is 0 Å². The molecule has 1 amide bonds. The zero-order valence-corrected chi connectivity index (χ0v) is 16.9. The lowest BCUT2D eigenvalue weighted by Crippen LogP contribution is -2.40. The molecular formula is C20H15Cl2FN4O3. The molecule has 7 nitrogen and oxygen atoms in total. The number of hydrogen-bond donors (Lipinski definition) is 2. The average molecular weight is 449 g/mol. The number of hydrogen-bond acceptors (Lipinski definition) is 6. The van der Waals surface area contributed by atoms with Gasteiger partial charge in [0, 0.05) is 11.5 Å². The maximum atomic E-state index is 14.4. The Labute approximate surface area is 180 Å². The van der Waals surface area contributed by atoms with Crippen molar-refractivity contribution in [3.63, 3.8) is 0 Å². The van der Waals surface area contributed by atoms with Crippen LogP contribution < -0.4 is 20.1 Å². The molecule has 154 valence electrons. The number of nitrogens with one attached hydrogen (secondary N) is 2. The Morgan fingerprint density at radius 1 is 1.30 bits per heavy atom. The standard InChI is InChI=1S/C20H15Cl2FN4O3/c1-2-17(28)24-7-10-8-29-15-6-14-11(5-16(15)30-10)20(26-9-25-14)27-13-4-3-12(21)18(22)19(13)23/h2-6,9-10H,1,7-8H2,(H,24,28)(H,25,26,27). The van der Waals surface area contributed by atoms with Gasteiger partial charge in [0.05, 0.1) is 27.8 Å². The fourth-order valence-electron chi connectivity index (χ4n) is 2.90. The fraction of sp³-hybridized carbons (Fsp3) is 0.150. The summed E-state index contributed by atoms with van der Waals surface area (Å²) < 4.78 is 26.1. The van der Waals surface area contributed by atoms with Gasteiger partial charge in [-0.25, -0.2) is 14.4 Å². The molecule has 0 bridgehead atoms. The van der Waals surface area contributed by atoms with Crippen LogP contribution in [0.25, 0.3) is 10.9 Å². The molecule has 2 heterocycles. The highest BCUT2D eigenvalue weighted by molar-refractivity contribution is 6.42. The van der Waals surface area contributed by atoms with E-state index in [4.69, 9.17) is 32.7 Å². The normalized spacial score (nSPS) is 15.0. The molecule has 0 radical (unpaired) electrons. The number of carbonyl (C=O) groups excluding carboxylic acids is 1. The molecule has 0 aliphatic carbocycles. The molecule has 30 heavy (non-hydrogen) atoms. The third-order valence-corrected chi connectivity index (χ3v) is 5.18. The Morgan fingerprint density at radius 3 is 2.93 bits per heavy atom. The smallest absolute Gasteiger partial charge is 0.243 e. The minimum Gasteiger partial charge on any atom is -0.486 e. The van der Waals surface area contributed by atoms with Crippen LogP contribution in [-0.4, -0.2) is 35.1 Å². The lowest BCUT2D eigenvalue weighted by molar-refractivity contribution is -0.117. The van der Waals surface area contributed by atoms with Crippen molar-refractivity contribution in [2.24, 2.45) is 0 Å². The van der Waals surface area contributed by atoms with Gasteiger partial charge in [0.15, 0.2) is 17.3 Å². The van der Waals surface area contributed by atoms with E-state index in [1.165, 1.54) is 24.5 Å². The Kier molecular flexibility index (Phi) is 5.61. The molecule has 3 aromatic rings. The number of ether oxygens (including phenoxy) is 2. The minimum atomic E-state index is -0.688. The Bertz CT molecular complexity index is 1160. The monoisotopic (exact) mass is 448 g/mol. The van der Waals surface area contributed by atoms with Gasteiger partial charge >= 0.3 is 0 Å². The van der Waals surface area contributed by atoms with Gasteiger partial charge < -0.3 is 20.1 Å². The first kappa shape index (κ1) is 20.2. The van der Waals surface area contributed by atoms with Gasteiger partial charge in [-0.05, 0) is 24.3 Å². The number of aromatic nitrogens is 2.